The summed E-state index contributed by atoms with van der Waals surface area (Å²) in [5.74, 6) is -0.0228. The second-order valence-corrected chi connectivity index (χ2v) is 4.89. The van der Waals surface area contributed by atoms with Gasteiger partial charge < -0.3 is 11.1 Å². The van der Waals surface area contributed by atoms with Gasteiger partial charge in [-0.25, -0.2) is 0 Å². The molecule has 0 aliphatic carbocycles. The molecule has 0 radical (unpaired) electrons. The van der Waals surface area contributed by atoms with Crippen LogP contribution < -0.4 is 11.1 Å². The zero-order valence-corrected chi connectivity index (χ0v) is 11.8. The lowest BCUT2D eigenvalue weighted by Crippen LogP contribution is -2.53. The highest BCUT2D eigenvalue weighted by atomic mass is 16.1. The highest BCUT2D eigenvalue weighted by Gasteiger charge is 2.27. The Morgan fingerprint density at radius 3 is 2.39 bits per heavy atom. The summed E-state index contributed by atoms with van der Waals surface area (Å²) in [7, 11) is 0. The van der Waals surface area contributed by atoms with Crippen molar-refractivity contribution >= 4 is 5.91 Å². The Labute approximate surface area is 110 Å². The molecule has 0 aliphatic rings. The summed E-state index contributed by atoms with van der Waals surface area (Å²) in [6.45, 7) is 8.57. The number of aryl methyl sites for hydroxylation is 1. The fraction of sp³-hybridized carbons (Fsp3) is 0.533. The third kappa shape index (κ3) is 2.91. The van der Waals surface area contributed by atoms with E-state index in [1.807, 2.05) is 32.0 Å². The number of nitrogens with one attached hydrogen (secondary N) is 1. The summed E-state index contributed by atoms with van der Waals surface area (Å²) in [5.41, 5.74) is 8.44. The van der Waals surface area contributed by atoms with Crippen LogP contribution >= 0.6 is 0 Å². The van der Waals surface area contributed by atoms with Gasteiger partial charge in [0.05, 0.1) is 5.54 Å². The van der Waals surface area contributed by atoms with Gasteiger partial charge in [-0.15, -0.1) is 0 Å². The molecule has 1 aromatic carbocycles. The fourth-order valence-electron chi connectivity index (χ4n) is 2.07. The van der Waals surface area contributed by atoms with Crippen LogP contribution in [0.25, 0.3) is 0 Å². The van der Waals surface area contributed by atoms with Gasteiger partial charge in [0.25, 0.3) is 5.91 Å². The van der Waals surface area contributed by atoms with Crippen LogP contribution in [0.2, 0.25) is 0 Å². The van der Waals surface area contributed by atoms with E-state index in [0.29, 0.717) is 6.54 Å². The van der Waals surface area contributed by atoms with E-state index in [4.69, 9.17) is 5.73 Å². The molecule has 0 fully saturated rings. The van der Waals surface area contributed by atoms with E-state index >= 15 is 0 Å². The zero-order chi connectivity index (χ0) is 13.8. The van der Waals surface area contributed by atoms with Crippen molar-refractivity contribution in [3.05, 3.63) is 34.9 Å². The zero-order valence-electron chi connectivity index (χ0n) is 11.8. The first kappa shape index (κ1) is 14.7. The molecule has 0 unspecified atom stereocenters. The molecule has 3 N–H and O–H groups in total. The third-order valence-electron chi connectivity index (χ3n) is 3.97. The minimum absolute atomic E-state index is 0.0228. The van der Waals surface area contributed by atoms with Crippen LogP contribution in [0.1, 0.15) is 48.2 Å². The average Bonchev–Trinajstić information content (AvgIpc) is 2.39. The standard InChI is InChI=1S/C15H24N2O/c1-5-15(6-2,10-16)17-14(18)13-9-7-8-11(3)12(13)4/h7-9H,5-6,10,16H2,1-4H3,(H,17,18). The summed E-state index contributed by atoms with van der Waals surface area (Å²) in [5, 5.41) is 3.10. The predicted octanol–water partition coefficient (Wildman–Crippen LogP) is 2.55. The maximum Gasteiger partial charge on any atom is 0.252 e. The number of benzene rings is 1. The molecule has 3 nitrogen and oxygen atoms in total. The molecule has 0 saturated heterocycles. The normalized spacial score (nSPS) is 11.4. The van der Waals surface area contributed by atoms with Gasteiger partial charge in [0.1, 0.15) is 0 Å². The van der Waals surface area contributed by atoms with Crippen LogP contribution in [0, 0.1) is 13.8 Å². The molecule has 0 aromatic heterocycles. The highest BCUT2D eigenvalue weighted by molar-refractivity contribution is 5.96. The Morgan fingerprint density at radius 1 is 1.28 bits per heavy atom. The second kappa shape index (κ2) is 6.01. The summed E-state index contributed by atoms with van der Waals surface area (Å²) < 4.78 is 0. The summed E-state index contributed by atoms with van der Waals surface area (Å²) in [6.07, 6.45) is 1.69. The average molecular weight is 248 g/mol. The Balaban J connectivity index is 2.98. The lowest BCUT2D eigenvalue weighted by atomic mass is 9.92. The van der Waals surface area contributed by atoms with Crippen LogP contribution in [0.5, 0.6) is 0 Å². The van der Waals surface area contributed by atoms with Crippen molar-refractivity contribution in [3.8, 4) is 0 Å². The molecule has 1 rings (SSSR count). The van der Waals surface area contributed by atoms with Gasteiger partial charge in [0.15, 0.2) is 0 Å². The Morgan fingerprint density at radius 2 is 1.89 bits per heavy atom. The lowest BCUT2D eigenvalue weighted by Gasteiger charge is -2.31. The monoisotopic (exact) mass is 248 g/mol. The van der Waals surface area contributed by atoms with E-state index in [1.54, 1.807) is 0 Å². The maximum atomic E-state index is 12.3. The van der Waals surface area contributed by atoms with E-state index in [9.17, 15) is 4.79 Å². The van der Waals surface area contributed by atoms with Gasteiger partial charge >= 0.3 is 0 Å². The number of amides is 1. The van der Waals surface area contributed by atoms with Crippen LogP contribution in [0.15, 0.2) is 18.2 Å². The summed E-state index contributed by atoms with van der Waals surface area (Å²) >= 11 is 0. The minimum atomic E-state index is -0.284. The van der Waals surface area contributed by atoms with Crippen molar-refractivity contribution in [2.24, 2.45) is 5.73 Å². The van der Waals surface area contributed by atoms with Crippen molar-refractivity contribution < 1.29 is 4.79 Å². The largest absolute Gasteiger partial charge is 0.345 e. The summed E-state index contributed by atoms with van der Waals surface area (Å²) in [4.78, 5) is 12.3. The van der Waals surface area contributed by atoms with Crippen molar-refractivity contribution in [3.63, 3.8) is 0 Å². The molecule has 0 aliphatic heterocycles. The van der Waals surface area contributed by atoms with Gasteiger partial charge in [-0.05, 0) is 43.9 Å². The van der Waals surface area contributed by atoms with E-state index in [0.717, 1.165) is 29.5 Å². The van der Waals surface area contributed by atoms with Crippen LogP contribution in [-0.2, 0) is 0 Å². The number of hydrogen-bond acceptors (Lipinski definition) is 2. The SMILES string of the molecule is CCC(CC)(CN)NC(=O)c1cccc(C)c1C. The smallest absolute Gasteiger partial charge is 0.252 e. The maximum absolute atomic E-state index is 12.3. The number of rotatable bonds is 5. The van der Waals surface area contributed by atoms with E-state index in [2.05, 4.69) is 19.2 Å². The van der Waals surface area contributed by atoms with Gasteiger partial charge in [-0.3, -0.25) is 4.79 Å². The molecule has 100 valence electrons. The molecule has 0 bridgehead atoms. The molecule has 18 heavy (non-hydrogen) atoms. The highest BCUT2D eigenvalue weighted by Crippen LogP contribution is 2.17. The van der Waals surface area contributed by atoms with Gasteiger partial charge in [-0.2, -0.15) is 0 Å². The van der Waals surface area contributed by atoms with Crippen molar-refractivity contribution in [1.82, 2.24) is 5.32 Å². The quantitative estimate of drug-likeness (QED) is 0.841. The van der Waals surface area contributed by atoms with Crippen molar-refractivity contribution in [2.75, 3.05) is 6.54 Å². The van der Waals surface area contributed by atoms with E-state index < -0.39 is 0 Å². The van der Waals surface area contributed by atoms with Crippen molar-refractivity contribution in [2.45, 2.75) is 46.1 Å². The van der Waals surface area contributed by atoms with E-state index in [-0.39, 0.29) is 11.4 Å². The van der Waals surface area contributed by atoms with Gasteiger partial charge in [0, 0.05) is 12.1 Å². The van der Waals surface area contributed by atoms with Crippen LogP contribution in [0.3, 0.4) is 0 Å². The molecule has 3 heteroatoms. The van der Waals surface area contributed by atoms with Crippen molar-refractivity contribution in [1.29, 1.82) is 0 Å². The topological polar surface area (TPSA) is 55.1 Å². The van der Waals surface area contributed by atoms with Gasteiger partial charge in [0.2, 0.25) is 0 Å². The molecular weight excluding hydrogens is 224 g/mol. The molecule has 1 aromatic rings. The molecule has 0 heterocycles. The number of carbonyl (C=O) groups is 1. The Bertz CT molecular complexity index is 414. The van der Waals surface area contributed by atoms with E-state index in [1.165, 1.54) is 0 Å². The molecule has 0 saturated carbocycles. The predicted molar refractivity (Wildman–Crippen MR) is 75.7 cm³/mol. The Kier molecular flexibility index (Phi) is 4.91. The molecule has 1 amide bonds. The summed E-state index contributed by atoms with van der Waals surface area (Å²) in [6, 6.07) is 5.80. The molecule has 0 atom stereocenters. The first-order valence-electron chi connectivity index (χ1n) is 6.58. The number of carbonyl (C=O) groups excluding carboxylic acids is 1. The fourth-order valence-corrected chi connectivity index (χ4v) is 2.07. The number of nitrogens with two attached hydrogens (primary N) is 1. The van der Waals surface area contributed by atoms with Gasteiger partial charge in [-0.1, -0.05) is 26.0 Å². The lowest BCUT2D eigenvalue weighted by molar-refractivity contribution is 0.0894. The number of hydrogen-bond donors (Lipinski definition) is 2. The second-order valence-electron chi connectivity index (χ2n) is 4.89. The Hall–Kier alpha value is -1.35. The molecule has 0 spiro atoms. The third-order valence-corrected chi connectivity index (χ3v) is 3.97. The first-order valence-corrected chi connectivity index (χ1v) is 6.58. The van der Waals surface area contributed by atoms with Crippen LogP contribution in [0.4, 0.5) is 0 Å². The first-order chi connectivity index (χ1) is 8.49. The van der Waals surface area contributed by atoms with Crippen LogP contribution in [-0.4, -0.2) is 18.0 Å². The molecular formula is C15H24N2O. The minimum Gasteiger partial charge on any atom is -0.345 e.